The van der Waals surface area contributed by atoms with Crippen LogP contribution in [-0.2, 0) is 9.59 Å². The number of likely N-dealkylation sites (N-methyl/N-ethyl adjacent to an activating group) is 1. The van der Waals surface area contributed by atoms with E-state index in [0.717, 1.165) is 51.2 Å². The van der Waals surface area contributed by atoms with Gasteiger partial charge >= 0.3 is 5.97 Å². The molecule has 0 bridgehead atoms. The zero-order valence-electron chi connectivity index (χ0n) is 16.6. The van der Waals surface area contributed by atoms with Crippen molar-refractivity contribution in [3.05, 3.63) is 0 Å². The number of rotatable bonds is 5. The lowest BCUT2D eigenvalue weighted by molar-refractivity contribution is -0.139. The van der Waals surface area contributed by atoms with E-state index in [0.29, 0.717) is 24.5 Å². The summed E-state index contributed by atoms with van der Waals surface area (Å²) in [6.07, 6.45) is 10.6. The van der Waals surface area contributed by atoms with Crippen molar-refractivity contribution in [3.8, 4) is 0 Å². The van der Waals surface area contributed by atoms with Crippen molar-refractivity contribution >= 4 is 24.3 Å². The summed E-state index contributed by atoms with van der Waals surface area (Å²) in [7, 11) is 1.90. The second-order valence-electron chi connectivity index (χ2n) is 8.51. The van der Waals surface area contributed by atoms with Crippen molar-refractivity contribution in [2.45, 2.75) is 69.9 Å². The summed E-state index contributed by atoms with van der Waals surface area (Å²) >= 11 is 0. The van der Waals surface area contributed by atoms with Crippen molar-refractivity contribution in [1.29, 1.82) is 0 Å². The Morgan fingerprint density at radius 2 is 1.67 bits per heavy atom. The fourth-order valence-electron chi connectivity index (χ4n) is 5.30. The molecule has 3 unspecified atom stereocenters. The van der Waals surface area contributed by atoms with Crippen LogP contribution in [0.25, 0.3) is 0 Å². The monoisotopic (exact) mass is 401 g/mol. The van der Waals surface area contributed by atoms with E-state index in [-0.39, 0.29) is 19.0 Å². The Kier molecular flexibility index (Phi) is 8.83. The van der Waals surface area contributed by atoms with E-state index in [1.165, 1.54) is 32.1 Å². The molecule has 0 spiro atoms. The third-order valence-electron chi connectivity index (χ3n) is 6.72. The summed E-state index contributed by atoms with van der Waals surface area (Å²) in [5.41, 5.74) is 0. The Bertz CT molecular complexity index is 503. The molecule has 1 amide bonds. The first-order valence-corrected chi connectivity index (χ1v) is 10.5. The Hall–Kier alpha value is -0.850. The highest BCUT2D eigenvalue weighted by atomic mass is 35.5. The number of halogens is 1. The maximum atomic E-state index is 13.0. The van der Waals surface area contributed by atoms with Crippen molar-refractivity contribution < 1.29 is 14.7 Å². The third kappa shape index (κ3) is 6.06. The highest BCUT2D eigenvalue weighted by Crippen LogP contribution is 2.35. The maximum Gasteiger partial charge on any atom is 0.317 e. The minimum absolute atomic E-state index is 0. The number of nitrogens with zero attached hydrogens (tertiary/aromatic N) is 3. The van der Waals surface area contributed by atoms with Gasteiger partial charge in [0.25, 0.3) is 0 Å². The topological polar surface area (TPSA) is 64.1 Å². The average molecular weight is 402 g/mol. The van der Waals surface area contributed by atoms with Crippen molar-refractivity contribution in [3.63, 3.8) is 0 Å². The number of hydrogen-bond acceptors (Lipinski definition) is 4. The molecule has 2 aliphatic heterocycles. The Balaban J connectivity index is 0.00000261. The molecular weight excluding hydrogens is 366 g/mol. The number of carboxylic acid groups (broad SMARTS) is 1. The first-order chi connectivity index (χ1) is 12.5. The van der Waals surface area contributed by atoms with Crippen LogP contribution in [0.3, 0.4) is 0 Å². The van der Waals surface area contributed by atoms with Crippen molar-refractivity contribution in [2.75, 3.05) is 39.8 Å². The Morgan fingerprint density at radius 1 is 0.963 bits per heavy atom. The highest BCUT2D eigenvalue weighted by molar-refractivity contribution is 5.85. The molecule has 1 saturated carbocycles. The first-order valence-electron chi connectivity index (χ1n) is 10.5. The molecule has 3 rings (SSSR count). The quantitative estimate of drug-likeness (QED) is 0.766. The SMILES string of the molecule is CN(CC(=O)O)C1CCCN(CC(=O)N2CCCC3CCCCC32)CC1.Cl. The minimum atomic E-state index is -0.768. The van der Waals surface area contributed by atoms with Gasteiger partial charge in [0.05, 0.1) is 13.1 Å². The van der Waals surface area contributed by atoms with Gasteiger partial charge in [0.15, 0.2) is 0 Å². The van der Waals surface area contributed by atoms with E-state index in [1.807, 2.05) is 11.9 Å². The van der Waals surface area contributed by atoms with Gasteiger partial charge in [0.1, 0.15) is 0 Å². The van der Waals surface area contributed by atoms with Gasteiger partial charge in [-0.3, -0.25) is 19.4 Å². The molecule has 6 nitrogen and oxygen atoms in total. The molecule has 0 aromatic heterocycles. The van der Waals surface area contributed by atoms with Crippen LogP contribution in [-0.4, -0.2) is 83.5 Å². The lowest BCUT2D eigenvalue weighted by Gasteiger charge is -2.44. The highest BCUT2D eigenvalue weighted by Gasteiger charge is 2.36. The number of hydrogen-bond donors (Lipinski definition) is 1. The zero-order chi connectivity index (χ0) is 18.5. The lowest BCUT2D eigenvalue weighted by atomic mass is 9.78. The summed E-state index contributed by atoms with van der Waals surface area (Å²) in [6.45, 7) is 3.42. The van der Waals surface area contributed by atoms with E-state index in [1.54, 1.807) is 0 Å². The summed E-state index contributed by atoms with van der Waals surface area (Å²) < 4.78 is 0. The number of carbonyl (C=O) groups is 2. The second-order valence-corrected chi connectivity index (χ2v) is 8.51. The number of carbonyl (C=O) groups excluding carboxylic acids is 1. The van der Waals surface area contributed by atoms with Gasteiger partial charge in [0, 0.05) is 25.2 Å². The number of amides is 1. The van der Waals surface area contributed by atoms with Crippen LogP contribution >= 0.6 is 12.4 Å². The third-order valence-corrected chi connectivity index (χ3v) is 6.72. The smallest absolute Gasteiger partial charge is 0.317 e. The van der Waals surface area contributed by atoms with Crippen LogP contribution in [0, 0.1) is 5.92 Å². The van der Waals surface area contributed by atoms with E-state index in [9.17, 15) is 9.59 Å². The van der Waals surface area contributed by atoms with Crippen LogP contribution in [0.2, 0.25) is 0 Å². The van der Waals surface area contributed by atoms with Crippen LogP contribution in [0.1, 0.15) is 57.8 Å². The molecule has 3 fully saturated rings. The van der Waals surface area contributed by atoms with Gasteiger partial charge in [-0.25, -0.2) is 0 Å². The number of likely N-dealkylation sites (tertiary alicyclic amines) is 2. The molecule has 0 aromatic rings. The molecule has 27 heavy (non-hydrogen) atoms. The van der Waals surface area contributed by atoms with Crippen molar-refractivity contribution in [2.24, 2.45) is 5.92 Å². The molecule has 2 heterocycles. The summed E-state index contributed by atoms with van der Waals surface area (Å²) in [4.78, 5) is 30.4. The van der Waals surface area contributed by atoms with Gasteiger partial charge < -0.3 is 10.0 Å². The van der Waals surface area contributed by atoms with Crippen molar-refractivity contribution in [1.82, 2.24) is 14.7 Å². The molecule has 1 aliphatic carbocycles. The summed E-state index contributed by atoms with van der Waals surface area (Å²) in [5.74, 6) is 0.287. The van der Waals surface area contributed by atoms with E-state index in [4.69, 9.17) is 5.11 Å². The van der Waals surface area contributed by atoms with Crippen LogP contribution < -0.4 is 0 Å². The Morgan fingerprint density at radius 3 is 2.44 bits per heavy atom. The van der Waals surface area contributed by atoms with Gasteiger partial charge in [-0.1, -0.05) is 12.8 Å². The molecule has 2 saturated heterocycles. The van der Waals surface area contributed by atoms with Crippen LogP contribution in [0.4, 0.5) is 0 Å². The predicted octanol–water partition coefficient (Wildman–Crippen LogP) is 2.46. The largest absolute Gasteiger partial charge is 0.480 e. The van der Waals surface area contributed by atoms with Crippen LogP contribution in [0.5, 0.6) is 0 Å². The van der Waals surface area contributed by atoms with Gasteiger partial charge in [0.2, 0.25) is 5.91 Å². The molecule has 3 atom stereocenters. The second kappa shape index (κ2) is 10.6. The molecule has 3 aliphatic rings. The lowest BCUT2D eigenvalue weighted by Crippen LogP contribution is -2.52. The molecule has 156 valence electrons. The molecule has 1 N–H and O–H groups in total. The number of piperidine rings is 1. The maximum absolute atomic E-state index is 13.0. The van der Waals surface area contributed by atoms with E-state index in [2.05, 4.69) is 9.80 Å². The normalized spacial score (nSPS) is 29.6. The van der Waals surface area contributed by atoms with Gasteiger partial charge in [-0.05, 0) is 64.5 Å². The number of fused-ring (bicyclic) bond motifs is 1. The minimum Gasteiger partial charge on any atom is -0.480 e. The standard InChI is InChI=1S/C20H35N3O3.ClH/c1-21(15-20(25)26)17-8-5-11-22(13-10-17)14-19(24)23-12-4-7-16-6-2-3-9-18(16)23;/h16-18H,2-15H2,1H3,(H,25,26);1H. The number of aliphatic carboxylic acids is 1. The molecule has 7 heteroatoms. The fourth-order valence-corrected chi connectivity index (χ4v) is 5.30. The Labute approximate surface area is 169 Å². The van der Waals surface area contributed by atoms with E-state index >= 15 is 0 Å². The summed E-state index contributed by atoms with van der Waals surface area (Å²) in [5, 5.41) is 8.99. The molecule has 0 radical (unpaired) electrons. The summed E-state index contributed by atoms with van der Waals surface area (Å²) in [6, 6.07) is 0.801. The molecule has 0 aromatic carbocycles. The average Bonchev–Trinajstić information content (AvgIpc) is 2.86. The van der Waals surface area contributed by atoms with Gasteiger partial charge in [-0.2, -0.15) is 0 Å². The first kappa shape index (κ1) is 22.4. The zero-order valence-corrected chi connectivity index (χ0v) is 17.5. The fraction of sp³-hybridized carbons (Fsp3) is 0.900. The number of carboxylic acids is 1. The predicted molar refractivity (Wildman–Crippen MR) is 108 cm³/mol. The van der Waals surface area contributed by atoms with E-state index < -0.39 is 5.97 Å². The van der Waals surface area contributed by atoms with Crippen LogP contribution in [0.15, 0.2) is 0 Å². The molecular formula is C20H36ClN3O3. The van der Waals surface area contributed by atoms with Gasteiger partial charge in [-0.15, -0.1) is 12.4 Å².